The first kappa shape index (κ1) is 16.8. The van der Waals surface area contributed by atoms with Crippen LogP contribution in [0.3, 0.4) is 0 Å². The quantitative estimate of drug-likeness (QED) is 0.893. The third kappa shape index (κ3) is 4.37. The summed E-state index contributed by atoms with van der Waals surface area (Å²) < 4.78 is 5.11. The summed E-state index contributed by atoms with van der Waals surface area (Å²) in [6.45, 7) is 5.28. The Hall–Kier alpha value is -2.24. The molecule has 0 saturated carbocycles. The van der Waals surface area contributed by atoms with E-state index in [1.165, 1.54) is 4.90 Å². The number of anilines is 1. The molecule has 0 aliphatic carbocycles. The zero-order chi connectivity index (χ0) is 16.2. The van der Waals surface area contributed by atoms with Gasteiger partial charge in [-0.15, -0.1) is 0 Å². The summed E-state index contributed by atoms with van der Waals surface area (Å²) >= 11 is 0. The Kier molecular flexibility index (Phi) is 5.18. The Morgan fingerprint density at radius 2 is 1.95 bits per heavy atom. The summed E-state index contributed by atoms with van der Waals surface area (Å²) in [5.41, 5.74) is 0.0291. The number of urea groups is 1. The molecule has 0 aliphatic heterocycles. The number of carbonyl (C=O) groups is 2. The monoisotopic (exact) mass is 294 g/mol. The topological polar surface area (TPSA) is 78.9 Å². The highest BCUT2D eigenvalue weighted by Gasteiger charge is 2.33. The van der Waals surface area contributed by atoms with E-state index < -0.39 is 23.5 Å². The van der Waals surface area contributed by atoms with Gasteiger partial charge in [-0.05, 0) is 17.5 Å². The van der Waals surface area contributed by atoms with Crippen molar-refractivity contribution in [2.75, 3.05) is 19.1 Å². The lowest BCUT2D eigenvalue weighted by Crippen LogP contribution is -2.52. The van der Waals surface area contributed by atoms with Gasteiger partial charge in [0.25, 0.3) is 0 Å². The maximum absolute atomic E-state index is 12.2. The summed E-state index contributed by atoms with van der Waals surface area (Å²) in [5, 5.41) is 11.8. The molecular weight excluding hydrogens is 272 g/mol. The number of hydrogen-bond acceptors (Lipinski definition) is 3. The number of hydrogen-bond donors (Lipinski definition) is 2. The molecule has 2 amide bonds. The normalized spacial score (nSPS) is 12.4. The van der Waals surface area contributed by atoms with Gasteiger partial charge in [-0.3, -0.25) is 4.90 Å². The molecule has 2 N–H and O–H groups in total. The van der Waals surface area contributed by atoms with Gasteiger partial charge in [-0.2, -0.15) is 0 Å². The summed E-state index contributed by atoms with van der Waals surface area (Å²) in [4.78, 5) is 24.9. The highest BCUT2D eigenvalue weighted by atomic mass is 16.5. The lowest BCUT2D eigenvalue weighted by Gasteiger charge is -2.29. The first-order chi connectivity index (χ1) is 9.66. The van der Waals surface area contributed by atoms with Crippen LogP contribution < -0.4 is 15.0 Å². The molecule has 1 atom stereocenters. The van der Waals surface area contributed by atoms with Crippen LogP contribution in [-0.2, 0) is 4.79 Å². The smallest absolute Gasteiger partial charge is 0.326 e. The summed E-state index contributed by atoms with van der Waals surface area (Å²) in [7, 11) is 3.12. The molecule has 0 saturated heterocycles. The Balaban J connectivity index is 2.89. The number of amides is 2. The van der Waals surface area contributed by atoms with E-state index in [9.17, 15) is 14.7 Å². The van der Waals surface area contributed by atoms with Gasteiger partial charge in [0, 0.05) is 18.8 Å². The van der Waals surface area contributed by atoms with E-state index in [2.05, 4.69) is 5.32 Å². The number of aliphatic carboxylic acids is 1. The van der Waals surface area contributed by atoms with Crippen LogP contribution in [0.2, 0.25) is 0 Å². The van der Waals surface area contributed by atoms with Crippen LogP contribution in [0, 0.1) is 5.41 Å². The van der Waals surface area contributed by atoms with Crippen LogP contribution in [-0.4, -0.2) is 37.3 Å². The number of carboxylic acids is 1. The van der Waals surface area contributed by atoms with Gasteiger partial charge in [0.15, 0.2) is 0 Å². The molecule has 0 aromatic heterocycles. The molecule has 0 bridgehead atoms. The van der Waals surface area contributed by atoms with Gasteiger partial charge in [-0.25, -0.2) is 9.59 Å². The fourth-order valence-electron chi connectivity index (χ4n) is 1.81. The van der Waals surface area contributed by atoms with Crippen molar-refractivity contribution in [1.82, 2.24) is 5.32 Å². The highest BCUT2D eigenvalue weighted by molar-refractivity contribution is 5.94. The predicted molar refractivity (Wildman–Crippen MR) is 80.8 cm³/mol. The molecule has 1 unspecified atom stereocenters. The zero-order valence-corrected chi connectivity index (χ0v) is 13.0. The fourth-order valence-corrected chi connectivity index (χ4v) is 1.81. The predicted octanol–water partition coefficient (Wildman–Crippen LogP) is 2.34. The van der Waals surface area contributed by atoms with Crippen molar-refractivity contribution in [3.8, 4) is 5.75 Å². The third-order valence-electron chi connectivity index (χ3n) is 3.13. The Morgan fingerprint density at radius 1 is 1.33 bits per heavy atom. The summed E-state index contributed by atoms with van der Waals surface area (Å²) in [6.07, 6.45) is 0. The minimum atomic E-state index is -1.06. The second kappa shape index (κ2) is 6.47. The number of benzene rings is 1. The summed E-state index contributed by atoms with van der Waals surface area (Å²) in [6, 6.07) is 5.52. The first-order valence-corrected chi connectivity index (χ1v) is 6.58. The van der Waals surface area contributed by atoms with E-state index >= 15 is 0 Å². The van der Waals surface area contributed by atoms with Crippen molar-refractivity contribution in [1.29, 1.82) is 0 Å². The van der Waals surface area contributed by atoms with E-state index in [4.69, 9.17) is 4.74 Å². The molecule has 0 aliphatic rings. The van der Waals surface area contributed by atoms with Gasteiger partial charge in [-0.1, -0.05) is 26.8 Å². The standard InChI is InChI=1S/C15H22N2O4/c1-15(2,3)12(13(18)19)16-14(20)17(4)10-7-6-8-11(9-10)21-5/h6-9,12H,1-5H3,(H,16,20)(H,18,19). The van der Waals surface area contributed by atoms with Gasteiger partial charge in [0.1, 0.15) is 11.8 Å². The Morgan fingerprint density at radius 3 is 2.43 bits per heavy atom. The van der Waals surface area contributed by atoms with Gasteiger partial charge < -0.3 is 15.2 Å². The van der Waals surface area contributed by atoms with Crippen LogP contribution >= 0.6 is 0 Å². The number of ether oxygens (including phenoxy) is 1. The molecule has 0 radical (unpaired) electrons. The number of carbonyl (C=O) groups excluding carboxylic acids is 1. The third-order valence-corrected chi connectivity index (χ3v) is 3.13. The van der Waals surface area contributed by atoms with Crippen LogP contribution in [0.5, 0.6) is 5.75 Å². The number of carboxylic acid groups (broad SMARTS) is 1. The zero-order valence-electron chi connectivity index (χ0n) is 13.0. The van der Waals surface area contributed by atoms with Crippen molar-refractivity contribution in [2.24, 2.45) is 5.41 Å². The lowest BCUT2D eigenvalue weighted by molar-refractivity contribution is -0.141. The van der Waals surface area contributed by atoms with Gasteiger partial charge in [0.2, 0.25) is 0 Å². The van der Waals surface area contributed by atoms with Crippen molar-refractivity contribution in [3.63, 3.8) is 0 Å². The molecule has 21 heavy (non-hydrogen) atoms. The maximum Gasteiger partial charge on any atom is 0.326 e. The molecule has 6 heteroatoms. The second-order valence-corrected chi connectivity index (χ2v) is 5.85. The number of nitrogens with one attached hydrogen (secondary N) is 1. The van der Waals surface area contributed by atoms with E-state index in [0.29, 0.717) is 11.4 Å². The lowest BCUT2D eigenvalue weighted by atomic mass is 9.87. The molecule has 0 heterocycles. The number of methoxy groups -OCH3 is 1. The van der Waals surface area contributed by atoms with Gasteiger partial charge in [0.05, 0.1) is 7.11 Å². The molecule has 1 aromatic rings. The average molecular weight is 294 g/mol. The fraction of sp³-hybridized carbons (Fsp3) is 0.467. The molecule has 1 rings (SSSR count). The molecule has 1 aromatic carbocycles. The first-order valence-electron chi connectivity index (χ1n) is 6.58. The Labute approximate surface area is 124 Å². The molecule has 0 fully saturated rings. The molecule has 6 nitrogen and oxygen atoms in total. The highest BCUT2D eigenvalue weighted by Crippen LogP contribution is 2.22. The average Bonchev–Trinajstić information content (AvgIpc) is 2.42. The van der Waals surface area contributed by atoms with E-state index in [1.807, 2.05) is 0 Å². The molecular formula is C15H22N2O4. The molecule has 0 spiro atoms. The van der Waals surface area contributed by atoms with Crippen LogP contribution in [0.1, 0.15) is 20.8 Å². The van der Waals surface area contributed by atoms with E-state index in [1.54, 1.807) is 59.2 Å². The van der Waals surface area contributed by atoms with Crippen LogP contribution in [0.4, 0.5) is 10.5 Å². The van der Waals surface area contributed by atoms with E-state index in [0.717, 1.165) is 0 Å². The maximum atomic E-state index is 12.2. The Bertz CT molecular complexity index is 523. The summed E-state index contributed by atoms with van der Waals surface area (Å²) in [5.74, 6) is -0.437. The van der Waals surface area contributed by atoms with Crippen molar-refractivity contribution in [3.05, 3.63) is 24.3 Å². The van der Waals surface area contributed by atoms with Crippen LogP contribution in [0.25, 0.3) is 0 Å². The van der Waals surface area contributed by atoms with Gasteiger partial charge >= 0.3 is 12.0 Å². The van der Waals surface area contributed by atoms with E-state index in [-0.39, 0.29) is 0 Å². The largest absolute Gasteiger partial charge is 0.497 e. The minimum Gasteiger partial charge on any atom is -0.497 e. The van der Waals surface area contributed by atoms with Crippen molar-refractivity contribution < 1.29 is 19.4 Å². The number of nitrogens with zero attached hydrogens (tertiary/aromatic N) is 1. The van der Waals surface area contributed by atoms with Crippen molar-refractivity contribution in [2.45, 2.75) is 26.8 Å². The van der Waals surface area contributed by atoms with Crippen LogP contribution in [0.15, 0.2) is 24.3 Å². The minimum absolute atomic E-state index is 0.481. The molecule has 116 valence electrons. The second-order valence-electron chi connectivity index (χ2n) is 5.85. The van der Waals surface area contributed by atoms with Crippen molar-refractivity contribution >= 4 is 17.7 Å². The number of rotatable bonds is 4. The SMILES string of the molecule is COc1cccc(N(C)C(=O)NC(C(=O)O)C(C)(C)C)c1.